The Balaban J connectivity index is 1.79. The van der Waals surface area contributed by atoms with E-state index in [0.717, 1.165) is 30.6 Å². The highest BCUT2D eigenvalue weighted by atomic mass is 32.2. The minimum atomic E-state index is 0.0391. The van der Waals surface area contributed by atoms with Crippen LogP contribution < -0.4 is 9.47 Å². The number of amides is 1. The zero-order chi connectivity index (χ0) is 18.5. The van der Waals surface area contributed by atoms with E-state index in [1.807, 2.05) is 29.2 Å². The number of carbonyl (C=O) groups is 1. The first-order valence-electron chi connectivity index (χ1n) is 9.22. The van der Waals surface area contributed by atoms with Crippen LogP contribution >= 0.6 is 24.0 Å². The predicted octanol–water partition coefficient (Wildman–Crippen LogP) is 5.02. The van der Waals surface area contributed by atoms with Crippen molar-refractivity contribution in [3.63, 3.8) is 0 Å². The third kappa shape index (κ3) is 4.23. The average Bonchev–Trinajstić information content (AvgIpc) is 2.94. The molecule has 4 nitrogen and oxygen atoms in total. The van der Waals surface area contributed by atoms with E-state index in [1.54, 1.807) is 7.11 Å². The van der Waals surface area contributed by atoms with Gasteiger partial charge in [-0.1, -0.05) is 56.2 Å². The zero-order valence-electron chi connectivity index (χ0n) is 15.3. The second kappa shape index (κ2) is 8.91. The van der Waals surface area contributed by atoms with Crippen molar-refractivity contribution in [3.05, 3.63) is 28.7 Å². The maximum absolute atomic E-state index is 12.9. The second-order valence-corrected chi connectivity index (χ2v) is 8.28. The topological polar surface area (TPSA) is 38.8 Å². The number of nitrogens with zero attached hydrogens (tertiary/aromatic N) is 1. The number of carbonyl (C=O) groups excluding carboxylic acids is 1. The summed E-state index contributed by atoms with van der Waals surface area (Å²) in [6, 6.07) is 6.00. The number of benzene rings is 1. The standard InChI is InChI=1S/C20H25NO3S2/c1-3-11-24-16-10-9-14(12-17(16)23-2)13-18-19(22)21(20(25)26-18)15-7-5-4-6-8-15/h9-10,12-13,15H,3-8,11H2,1-2H3/b18-13+. The van der Waals surface area contributed by atoms with Crippen LogP contribution in [0.25, 0.3) is 6.08 Å². The molecule has 0 aromatic heterocycles. The van der Waals surface area contributed by atoms with Crippen LogP contribution in [-0.4, -0.2) is 34.9 Å². The summed E-state index contributed by atoms with van der Waals surface area (Å²) >= 11 is 6.89. The molecule has 1 aliphatic carbocycles. The quantitative estimate of drug-likeness (QED) is 0.503. The van der Waals surface area contributed by atoms with Crippen molar-refractivity contribution in [3.8, 4) is 11.5 Å². The fourth-order valence-electron chi connectivity index (χ4n) is 3.39. The monoisotopic (exact) mass is 391 g/mol. The first-order chi connectivity index (χ1) is 12.6. The fourth-order valence-corrected chi connectivity index (χ4v) is 4.79. The lowest BCUT2D eigenvalue weighted by Crippen LogP contribution is -2.39. The Morgan fingerprint density at radius 2 is 2.04 bits per heavy atom. The maximum atomic E-state index is 12.9. The van der Waals surface area contributed by atoms with Gasteiger partial charge in [-0.3, -0.25) is 9.69 Å². The molecule has 0 radical (unpaired) electrons. The van der Waals surface area contributed by atoms with E-state index in [2.05, 4.69) is 6.92 Å². The molecular formula is C20H25NO3S2. The molecule has 1 aliphatic heterocycles. The van der Waals surface area contributed by atoms with Crippen molar-refractivity contribution in [2.75, 3.05) is 13.7 Å². The Morgan fingerprint density at radius 3 is 2.73 bits per heavy atom. The van der Waals surface area contributed by atoms with Gasteiger partial charge >= 0.3 is 0 Å². The average molecular weight is 392 g/mol. The molecule has 0 bridgehead atoms. The second-order valence-electron chi connectivity index (χ2n) is 6.60. The minimum absolute atomic E-state index is 0.0391. The zero-order valence-corrected chi connectivity index (χ0v) is 17.0. The van der Waals surface area contributed by atoms with E-state index >= 15 is 0 Å². The Kier molecular flexibility index (Phi) is 6.59. The van der Waals surface area contributed by atoms with E-state index in [9.17, 15) is 4.79 Å². The van der Waals surface area contributed by atoms with Crippen LogP contribution in [0.2, 0.25) is 0 Å². The maximum Gasteiger partial charge on any atom is 0.266 e. The first-order valence-corrected chi connectivity index (χ1v) is 10.4. The van der Waals surface area contributed by atoms with Gasteiger partial charge in [0.1, 0.15) is 4.32 Å². The normalized spacial score (nSPS) is 20.1. The van der Waals surface area contributed by atoms with Gasteiger partial charge in [-0.15, -0.1) is 0 Å². The molecule has 1 heterocycles. The molecule has 3 rings (SSSR count). The van der Waals surface area contributed by atoms with Gasteiger partial charge in [0.05, 0.1) is 18.6 Å². The minimum Gasteiger partial charge on any atom is -0.493 e. The number of rotatable bonds is 6. The van der Waals surface area contributed by atoms with Gasteiger partial charge in [-0.05, 0) is 43.0 Å². The molecule has 6 heteroatoms. The Morgan fingerprint density at radius 1 is 1.27 bits per heavy atom. The Bertz CT molecular complexity index is 711. The third-order valence-electron chi connectivity index (χ3n) is 4.71. The summed E-state index contributed by atoms with van der Waals surface area (Å²) < 4.78 is 11.8. The van der Waals surface area contributed by atoms with Crippen LogP contribution in [0.1, 0.15) is 51.0 Å². The van der Waals surface area contributed by atoms with Gasteiger partial charge in [0.2, 0.25) is 0 Å². The van der Waals surface area contributed by atoms with Gasteiger partial charge in [0, 0.05) is 6.04 Å². The van der Waals surface area contributed by atoms with E-state index in [1.165, 1.54) is 31.0 Å². The van der Waals surface area contributed by atoms with Gasteiger partial charge in [-0.25, -0.2) is 0 Å². The number of thioether (sulfide) groups is 1. The lowest BCUT2D eigenvalue weighted by Gasteiger charge is -2.29. The number of ether oxygens (including phenoxy) is 2. The lowest BCUT2D eigenvalue weighted by atomic mass is 9.94. The number of methoxy groups -OCH3 is 1. The Hall–Kier alpha value is -1.53. The van der Waals surface area contributed by atoms with Crippen molar-refractivity contribution in [1.82, 2.24) is 4.90 Å². The van der Waals surface area contributed by atoms with Crippen LogP contribution in [0.3, 0.4) is 0 Å². The first kappa shape index (κ1) is 19.2. The molecule has 0 unspecified atom stereocenters. The van der Waals surface area contributed by atoms with Crippen LogP contribution in [0, 0.1) is 0 Å². The van der Waals surface area contributed by atoms with E-state index in [-0.39, 0.29) is 11.9 Å². The fraction of sp³-hybridized carbons (Fsp3) is 0.500. The summed E-state index contributed by atoms with van der Waals surface area (Å²) in [5.41, 5.74) is 0.912. The molecule has 0 N–H and O–H groups in total. The van der Waals surface area contributed by atoms with Crippen LogP contribution in [0.15, 0.2) is 23.1 Å². The van der Waals surface area contributed by atoms with E-state index < -0.39 is 0 Å². The highest BCUT2D eigenvalue weighted by Gasteiger charge is 2.37. The molecule has 1 amide bonds. The van der Waals surface area contributed by atoms with Crippen LogP contribution in [0.4, 0.5) is 0 Å². The lowest BCUT2D eigenvalue weighted by molar-refractivity contribution is -0.124. The van der Waals surface area contributed by atoms with Crippen molar-refractivity contribution in [1.29, 1.82) is 0 Å². The highest BCUT2D eigenvalue weighted by Crippen LogP contribution is 2.38. The van der Waals surface area contributed by atoms with Crippen molar-refractivity contribution in [2.45, 2.75) is 51.5 Å². The van der Waals surface area contributed by atoms with Gasteiger partial charge in [0.25, 0.3) is 5.91 Å². The van der Waals surface area contributed by atoms with Crippen LogP contribution in [-0.2, 0) is 4.79 Å². The summed E-state index contributed by atoms with van der Waals surface area (Å²) in [5, 5.41) is 0. The Labute approximate surface area is 164 Å². The molecular weight excluding hydrogens is 366 g/mol. The van der Waals surface area contributed by atoms with Crippen molar-refractivity contribution >= 4 is 40.3 Å². The summed E-state index contributed by atoms with van der Waals surface area (Å²) in [7, 11) is 1.63. The SMILES string of the molecule is CCCOc1ccc(/C=C2/SC(=S)N(C3CCCCC3)C2=O)cc1OC. The molecule has 1 saturated carbocycles. The van der Waals surface area contributed by atoms with E-state index in [0.29, 0.717) is 21.6 Å². The van der Waals surface area contributed by atoms with Crippen molar-refractivity contribution in [2.24, 2.45) is 0 Å². The molecule has 0 atom stereocenters. The summed E-state index contributed by atoms with van der Waals surface area (Å²) in [5.74, 6) is 1.44. The molecule has 2 aliphatic rings. The van der Waals surface area contributed by atoms with Crippen LogP contribution in [0.5, 0.6) is 11.5 Å². The largest absolute Gasteiger partial charge is 0.493 e. The van der Waals surface area contributed by atoms with Crippen molar-refractivity contribution < 1.29 is 14.3 Å². The number of hydrogen-bond acceptors (Lipinski definition) is 5. The highest BCUT2D eigenvalue weighted by molar-refractivity contribution is 8.26. The molecule has 2 fully saturated rings. The van der Waals surface area contributed by atoms with Gasteiger partial charge in [0.15, 0.2) is 11.5 Å². The summed E-state index contributed by atoms with van der Waals surface area (Å²) in [4.78, 5) is 15.4. The molecule has 140 valence electrons. The summed E-state index contributed by atoms with van der Waals surface area (Å²) in [6.45, 7) is 2.71. The predicted molar refractivity (Wildman–Crippen MR) is 111 cm³/mol. The van der Waals surface area contributed by atoms with E-state index in [4.69, 9.17) is 21.7 Å². The van der Waals surface area contributed by atoms with Gasteiger partial charge < -0.3 is 9.47 Å². The van der Waals surface area contributed by atoms with Gasteiger partial charge in [-0.2, -0.15) is 0 Å². The number of thiocarbonyl (C=S) groups is 1. The molecule has 26 heavy (non-hydrogen) atoms. The molecule has 0 spiro atoms. The summed E-state index contributed by atoms with van der Waals surface area (Å²) in [6.07, 6.45) is 8.55. The molecule has 1 aromatic carbocycles. The number of hydrogen-bond donors (Lipinski definition) is 0. The third-order valence-corrected chi connectivity index (χ3v) is 6.04. The smallest absolute Gasteiger partial charge is 0.266 e. The molecule has 1 aromatic rings. The molecule has 1 saturated heterocycles.